The molecule has 0 spiro atoms. The molecule has 0 amide bonds. The molecule has 0 unspecified atom stereocenters. The summed E-state index contributed by atoms with van der Waals surface area (Å²) < 4.78 is 2.18. The summed E-state index contributed by atoms with van der Waals surface area (Å²) in [5.74, 6) is 1.01. The van der Waals surface area contributed by atoms with E-state index >= 15 is 0 Å². The molecule has 5 rings (SSSR count). The maximum atomic E-state index is 4.95. The third-order valence-electron chi connectivity index (χ3n) is 6.87. The lowest BCUT2D eigenvalue weighted by Crippen LogP contribution is -2.49. The van der Waals surface area contributed by atoms with Crippen molar-refractivity contribution in [2.45, 2.75) is 52.6 Å². The molecule has 1 atom stereocenters. The van der Waals surface area contributed by atoms with Crippen LogP contribution in [-0.4, -0.2) is 68.9 Å². The molecular weight excluding hydrogens is 410 g/mol. The predicted molar refractivity (Wildman–Crippen MR) is 132 cm³/mol. The number of nitrogens with zero attached hydrogens (tertiary/aromatic N) is 7. The SMILES string of the molecule is CN(Cc1cn2c(N3CCN(CC(C)(C)C)CC3)nccc2n1)[C@H]1CCCc2cccnc21. The van der Waals surface area contributed by atoms with Crippen molar-refractivity contribution < 1.29 is 0 Å². The van der Waals surface area contributed by atoms with E-state index in [1.54, 1.807) is 0 Å². The molecular formula is C26H37N7. The average Bonchev–Trinajstić information content (AvgIpc) is 3.20. The van der Waals surface area contributed by atoms with E-state index in [0.717, 1.165) is 69.4 Å². The van der Waals surface area contributed by atoms with Crippen molar-refractivity contribution in [3.05, 3.63) is 53.7 Å². The number of imidazole rings is 1. The highest BCUT2D eigenvalue weighted by Crippen LogP contribution is 2.32. The van der Waals surface area contributed by atoms with Gasteiger partial charge in [0, 0.05) is 57.9 Å². The number of anilines is 1. The van der Waals surface area contributed by atoms with E-state index in [4.69, 9.17) is 15.0 Å². The van der Waals surface area contributed by atoms with E-state index in [0.29, 0.717) is 11.5 Å². The second-order valence-corrected chi connectivity index (χ2v) is 10.9. The van der Waals surface area contributed by atoms with Crippen LogP contribution in [0.25, 0.3) is 5.65 Å². The van der Waals surface area contributed by atoms with Crippen LogP contribution in [0.2, 0.25) is 0 Å². The van der Waals surface area contributed by atoms with Crippen molar-refractivity contribution in [1.82, 2.24) is 29.2 Å². The Morgan fingerprint density at radius 2 is 1.88 bits per heavy atom. The number of hydrogen-bond donors (Lipinski definition) is 0. The molecule has 0 N–H and O–H groups in total. The molecule has 1 fully saturated rings. The van der Waals surface area contributed by atoms with Crippen LogP contribution in [0.1, 0.15) is 56.6 Å². The van der Waals surface area contributed by atoms with Gasteiger partial charge in [-0.1, -0.05) is 26.8 Å². The summed E-state index contributed by atoms with van der Waals surface area (Å²) >= 11 is 0. The second kappa shape index (κ2) is 9.03. The number of pyridine rings is 1. The molecule has 0 radical (unpaired) electrons. The first-order chi connectivity index (χ1) is 15.9. The molecule has 0 bridgehead atoms. The van der Waals surface area contributed by atoms with Crippen LogP contribution < -0.4 is 4.90 Å². The molecule has 3 aromatic heterocycles. The zero-order chi connectivity index (χ0) is 23.0. The van der Waals surface area contributed by atoms with Crippen molar-refractivity contribution in [3.8, 4) is 0 Å². The maximum Gasteiger partial charge on any atom is 0.211 e. The summed E-state index contributed by atoms with van der Waals surface area (Å²) in [5, 5.41) is 0. The van der Waals surface area contributed by atoms with Crippen molar-refractivity contribution >= 4 is 11.6 Å². The zero-order valence-electron chi connectivity index (χ0n) is 20.5. The normalized spacial score (nSPS) is 19.9. The Morgan fingerprint density at radius 3 is 2.67 bits per heavy atom. The van der Waals surface area contributed by atoms with Crippen LogP contribution in [0.4, 0.5) is 5.95 Å². The molecule has 7 heteroatoms. The number of piperazine rings is 1. The molecule has 2 aliphatic rings. The lowest BCUT2D eigenvalue weighted by Gasteiger charge is -2.38. The Kier molecular flexibility index (Phi) is 6.10. The minimum atomic E-state index is 0.333. The summed E-state index contributed by atoms with van der Waals surface area (Å²) in [5.41, 5.74) is 5.03. The first-order valence-electron chi connectivity index (χ1n) is 12.3. The number of aryl methyl sites for hydroxylation is 1. The smallest absolute Gasteiger partial charge is 0.211 e. The fourth-order valence-corrected chi connectivity index (χ4v) is 5.42. The fraction of sp³-hybridized carbons (Fsp3) is 0.577. The molecule has 33 heavy (non-hydrogen) atoms. The molecule has 0 saturated carbocycles. The zero-order valence-corrected chi connectivity index (χ0v) is 20.5. The van der Waals surface area contributed by atoms with Gasteiger partial charge in [0.1, 0.15) is 5.65 Å². The van der Waals surface area contributed by atoms with Gasteiger partial charge in [-0.05, 0) is 49.4 Å². The topological polar surface area (TPSA) is 52.8 Å². The van der Waals surface area contributed by atoms with Gasteiger partial charge in [-0.15, -0.1) is 0 Å². The lowest BCUT2D eigenvalue weighted by molar-refractivity contribution is 0.182. The molecule has 176 valence electrons. The van der Waals surface area contributed by atoms with Crippen LogP contribution in [0.3, 0.4) is 0 Å². The minimum absolute atomic E-state index is 0.333. The Morgan fingerprint density at radius 1 is 1.06 bits per heavy atom. The van der Waals surface area contributed by atoms with E-state index in [1.807, 2.05) is 18.5 Å². The number of hydrogen-bond acceptors (Lipinski definition) is 6. The standard InChI is InChI=1S/C26H37N7/c1-26(2,3)19-31-13-15-32(16-14-31)25-28-12-10-23-29-21(18-33(23)25)17-30(4)22-9-5-7-20-8-6-11-27-24(20)22/h6,8,10-12,18,22H,5,7,9,13-17,19H2,1-4H3/t22-/m0/s1. The van der Waals surface area contributed by atoms with Crippen molar-refractivity contribution in [1.29, 1.82) is 0 Å². The lowest BCUT2D eigenvalue weighted by atomic mass is 9.91. The fourth-order valence-electron chi connectivity index (χ4n) is 5.42. The Balaban J connectivity index is 1.31. The molecule has 4 heterocycles. The van der Waals surface area contributed by atoms with Gasteiger partial charge in [-0.2, -0.15) is 0 Å². The molecule has 3 aromatic rings. The molecule has 0 aromatic carbocycles. The molecule has 1 aliphatic heterocycles. The highest BCUT2D eigenvalue weighted by Gasteiger charge is 2.26. The quantitative estimate of drug-likeness (QED) is 0.593. The summed E-state index contributed by atoms with van der Waals surface area (Å²) in [6, 6.07) is 6.65. The third kappa shape index (κ3) is 4.89. The van der Waals surface area contributed by atoms with Gasteiger partial charge in [0.05, 0.1) is 17.4 Å². The van der Waals surface area contributed by atoms with Gasteiger partial charge in [0.2, 0.25) is 5.95 Å². The first kappa shape index (κ1) is 22.3. The van der Waals surface area contributed by atoms with Gasteiger partial charge in [0.15, 0.2) is 0 Å². The average molecular weight is 448 g/mol. The molecule has 1 saturated heterocycles. The Bertz CT molecular complexity index is 1090. The van der Waals surface area contributed by atoms with Crippen molar-refractivity contribution in [3.63, 3.8) is 0 Å². The molecule has 7 nitrogen and oxygen atoms in total. The highest BCUT2D eigenvalue weighted by molar-refractivity contribution is 5.48. The largest absolute Gasteiger partial charge is 0.339 e. The van der Waals surface area contributed by atoms with Crippen LogP contribution in [0.5, 0.6) is 0 Å². The van der Waals surface area contributed by atoms with Crippen LogP contribution in [0.15, 0.2) is 36.8 Å². The van der Waals surface area contributed by atoms with Gasteiger partial charge in [-0.25, -0.2) is 9.97 Å². The summed E-state index contributed by atoms with van der Waals surface area (Å²) in [7, 11) is 2.20. The first-order valence-corrected chi connectivity index (χ1v) is 12.3. The van der Waals surface area contributed by atoms with E-state index in [9.17, 15) is 0 Å². The number of fused-ring (bicyclic) bond motifs is 2. The van der Waals surface area contributed by atoms with Crippen LogP contribution in [0, 0.1) is 5.41 Å². The predicted octanol–water partition coefficient (Wildman–Crippen LogP) is 3.80. The van der Waals surface area contributed by atoms with Gasteiger partial charge in [-0.3, -0.25) is 19.2 Å². The summed E-state index contributed by atoms with van der Waals surface area (Å²) in [4.78, 5) is 21.8. The third-order valence-corrected chi connectivity index (χ3v) is 6.87. The van der Waals surface area contributed by atoms with E-state index in [1.165, 1.54) is 17.7 Å². The van der Waals surface area contributed by atoms with Gasteiger partial charge in [0.25, 0.3) is 0 Å². The van der Waals surface area contributed by atoms with Gasteiger partial charge >= 0.3 is 0 Å². The van der Waals surface area contributed by atoms with E-state index in [2.05, 4.69) is 65.2 Å². The minimum Gasteiger partial charge on any atom is -0.339 e. The van der Waals surface area contributed by atoms with Gasteiger partial charge < -0.3 is 4.90 Å². The number of rotatable bonds is 5. The van der Waals surface area contributed by atoms with E-state index < -0.39 is 0 Å². The summed E-state index contributed by atoms with van der Waals surface area (Å²) in [6.07, 6.45) is 9.51. The van der Waals surface area contributed by atoms with Crippen molar-refractivity contribution in [2.24, 2.45) is 5.41 Å². The number of aromatic nitrogens is 4. The monoisotopic (exact) mass is 447 g/mol. The Hall–Kier alpha value is -2.51. The van der Waals surface area contributed by atoms with Crippen LogP contribution >= 0.6 is 0 Å². The van der Waals surface area contributed by atoms with Crippen LogP contribution in [-0.2, 0) is 13.0 Å². The van der Waals surface area contributed by atoms with E-state index in [-0.39, 0.29) is 0 Å². The van der Waals surface area contributed by atoms with Crippen molar-refractivity contribution in [2.75, 3.05) is 44.7 Å². The Labute approximate surface area is 197 Å². The summed E-state index contributed by atoms with van der Waals surface area (Å²) in [6.45, 7) is 13.0. The second-order valence-electron chi connectivity index (χ2n) is 10.9. The maximum absolute atomic E-state index is 4.95. The highest BCUT2D eigenvalue weighted by atomic mass is 15.3. The molecule has 1 aliphatic carbocycles.